The second-order valence-corrected chi connectivity index (χ2v) is 7.17. The molecule has 0 amide bonds. The number of piperazine rings is 1. The van der Waals surface area contributed by atoms with Crippen LogP contribution in [0.1, 0.15) is 47.0 Å². The highest BCUT2D eigenvalue weighted by atomic mass is 15.3. The van der Waals surface area contributed by atoms with E-state index in [1.807, 2.05) is 0 Å². The zero-order chi connectivity index (χ0) is 13.2. The molecule has 2 atom stereocenters. The molecule has 2 rings (SSSR count). The summed E-state index contributed by atoms with van der Waals surface area (Å²) in [5.74, 6) is 0. The molecule has 2 saturated heterocycles. The first kappa shape index (κ1) is 14.3. The third-order valence-corrected chi connectivity index (χ3v) is 4.37. The predicted molar refractivity (Wildman–Crippen MR) is 78.0 cm³/mol. The van der Waals surface area contributed by atoms with E-state index in [4.69, 9.17) is 0 Å². The Morgan fingerprint density at radius 1 is 1.17 bits per heavy atom. The maximum absolute atomic E-state index is 3.61. The zero-order valence-electron chi connectivity index (χ0n) is 12.7. The number of fused-ring (bicyclic) bond motifs is 1. The van der Waals surface area contributed by atoms with Crippen LogP contribution < -0.4 is 5.32 Å². The fraction of sp³-hybridized carbons (Fsp3) is 1.00. The van der Waals surface area contributed by atoms with Crippen LogP contribution >= 0.6 is 0 Å². The van der Waals surface area contributed by atoms with Gasteiger partial charge >= 0.3 is 0 Å². The van der Waals surface area contributed by atoms with Gasteiger partial charge in [0, 0.05) is 43.8 Å². The van der Waals surface area contributed by atoms with Gasteiger partial charge in [-0.15, -0.1) is 0 Å². The van der Waals surface area contributed by atoms with Crippen LogP contribution in [0.3, 0.4) is 0 Å². The number of hydrogen-bond donors (Lipinski definition) is 1. The van der Waals surface area contributed by atoms with Crippen molar-refractivity contribution in [2.45, 2.75) is 64.6 Å². The molecule has 0 bridgehead atoms. The fourth-order valence-electron chi connectivity index (χ4n) is 3.30. The Hall–Kier alpha value is -0.120. The molecule has 2 aliphatic heterocycles. The highest BCUT2D eigenvalue weighted by Crippen LogP contribution is 2.23. The highest BCUT2D eigenvalue weighted by Gasteiger charge is 2.32. The minimum atomic E-state index is 0.246. The minimum Gasteiger partial charge on any atom is -0.311 e. The average Bonchev–Trinajstić information content (AvgIpc) is 2.28. The first-order valence-corrected chi connectivity index (χ1v) is 7.69. The quantitative estimate of drug-likeness (QED) is 0.829. The molecule has 0 radical (unpaired) electrons. The summed E-state index contributed by atoms with van der Waals surface area (Å²) >= 11 is 0. The Morgan fingerprint density at radius 3 is 2.67 bits per heavy atom. The van der Waals surface area contributed by atoms with E-state index >= 15 is 0 Å². The normalized spacial score (nSPS) is 31.3. The van der Waals surface area contributed by atoms with E-state index in [1.165, 1.54) is 45.4 Å². The molecular formula is C15H31N3. The summed E-state index contributed by atoms with van der Waals surface area (Å²) in [5, 5.41) is 3.61. The molecular weight excluding hydrogens is 222 g/mol. The smallest absolute Gasteiger partial charge is 0.0223 e. The van der Waals surface area contributed by atoms with E-state index < -0.39 is 0 Å². The van der Waals surface area contributed by atoms with Gasteiger partial charge < -0.3 is 5.32 Å². The summed E-state index contributed by atoms with van der Waals surface area (Å²) in [6, 6.07) is 1.56. The Morgan fingerprint density at radius 2 is 1.94 bits per heavy atom. The summed E-state index contributed by atoms with van der Waals surface area (Å²) in [5.41, 5.74) is 0.246. The molecule has 2 heterocycles. The van der Waals surface area contributed by atoms with Crippen molar-refractivity contribution in [3.8, 4) is 0 Å². The van der Waals surface area contributed by atoms with Crippen LogP contribution in [-0.2, 0) is 0 Å². The molecule has 0 aromatic rings. The van der Waals surface area contributed by atoms with Crippen LogP contribution in [0.5, 0.6) is 0 Å². The van der Waals surface area contributed by atoms with Gasteiger partial charge in [-0.3, -0.25) is 9.80 Å². The Balaban J connectivity index is 1.78. The van der Waals surface area contributed by atoms with Gasteiger partial charge in [-0.2, -0.15) is 0 Å². The lowest BCUT2D eigenvalue weighted by molar-refractivity contribution is 0.0154. The number of rotatable bonds is 3. The molecule has 3 heteroatoms. The summed E-state index contributed by atoms with van der Waals surface area (Å²) in [6.45, 7) is 15.3. The molecule has 2 fully saturated rings. The lowest BCUT2D eigenvalue weighted by Gasteiger charge is -2.47. The maximum Gasteiger partial charge on any atom is 0.0223 e. The summed E-state index contributed by atoms with van der Waals surface area (Å²) in [4.78, 5) is 5.41. The predicted octanol–water partition coefficient (Wildman–Crippen LogP) is 1.93. The zero-order valence-corrected chi connectivity index (χ0v) is 12.7. The van der Waals surface area contributed by atoms with E-state index in [9.17, 15) is 0 Å². The van der Waals surface area contributed by atoms with Crippen molar-refractivity contribution in [3.63, 3.8) is 0 Å². The van der Waals surface area contributed by atoms with Crippen molar-refractivity contribution in [1.82, 2.24) is 15.1 Å². The number of hydrogen-bond acceptors (Lipinski definition) is 3. The van der Waals surface area contributed by atoms with Crippen LogP contribution in [0, 0.1) is 0 Å². The van der Waals surface area contributed by atoms with Gasteiger partial charge in [0.1, 0.15) is 0 Å². The molecule has 106 valence electrons. The fourth-order valence-corrected chi connectivity index (χ4v) is 3.30. The maximum atomic E-state index is 3.61. The molecule has 1 N–H and O–H groups in total. The van der Waals surface area contributed by atoms with Gasteiger partial charge in [0.25, 0.3) is 0 Å². The van der Waals surface area contributed by atoms with Gasteiger partial charge in [0.05, 0.1) is 0 Å². The molecule has 2 aliphatic rings. The molecule has 18 heavy (non-hydrogen) atoms. The molecule has 3 nitrogen and oxygen atoms in total. The molecule has 2 unspecified atom stereocenters. The first-order chi connectivity index (χ1) is 8.46. The van der Waals surface area contributed by atoms with Gasteiger partial charge in [0.2, 0.25) is 0 Å². The third-order valence-electron chi connectivity index (χ3n) is 4.37. The van der Waals surface area contributed by atoms with Crippen LogP contribution in [0.2, 0.25) is 0 Å². The van der Waals surface area contributed by atoms with Crippen molar-refractivity contribution >= 4 is 0 Å². The van der Waals surface area contributed by atoms with E-state index in [-0.39, 0.29) is 5.54 Å². The van der Waals surface area contributed by atoms with Crippen molar-refractivity contribution < 1.29 is 0 Å². The summed E-state index contributed by atoms with van der Waals surface area (Å²) in [6.07, 6.45) is 4.26. The van der Waals surface area contributed by atoms with Gasteiger partial charge in [-0.25, -0.2) is 0 Å². The van der Waals surface area contributed by atoms with Gasteiger partial charge in [-0.1, -0.05) is 6.42 Å². The number of piperidine rings is 1. The molecule has 0 aliphatic carbocycles. The second-order valence-electron chi connectivity index (χ2n) is 7.17. The standard InChI is InChI=1S/C15H31N3/c1-13-11-18-9-6-5-7-14(18)12-17(13)10-8-16-15(2,3)4/h13-14,16H,5-12H2,1-4H3. The van der Waals surface area contributed by atoms with Crippen LogP contribution in [0.4, 0.5) is 0 Å². The van der Waals surface area contributed by atoms with Crippen molar-refractivity contribution in [3.05, 3.63) is 0 Å². The van der Waals surface area contributed by atoms with Crippen LogP contribution in [0.25, 0.3) is 0 Å². The minimum absolute atomic E-state index is 0.246. The highest BCUT2D eigenvalue weighted by molar-refractivity contribution is 4.89. The third kappa shape index (κ3) is 3.94. The lowest BCUT2D eigenvalue weighted by atomic mass is 9.97. The summed E-state index contributed by atoms with van der Waals surface area (Å²) < 4.78 is 0. The Bertz CT molecular complexity index is 259. The van der Waals surface area contributed by atoms with Crippen molar-refractivity contribution in [1.29, 1.82) is 0 Å². The van der Waals surface area contributed by atoms with E-state index in [0.29, 0.717) is 0 Å². The van der Waals surface area contributed by atoms with Crippen LogP contribution in [0.15, 0.2) is 0 Å². The number of nitrogens with zero attached hydrogens (tertiary/aromatic N) is 2. The van der Waals surface area contributed by atoms with Crippen LogP contribution in [-0.4, -0.2) is 60.1 Å². The number of nitrogens with one attached hydrogen (secondary N) is 1. The molecule has 0 spiro atoms. The SMILES string of the molecule is CC1CN2CCCCC2CN1CCNC(C)(C)C. The van der Waals surface area contributed by atoms with E-state index in [1.54, 1.807) is 0 Å². The monoisotopic (exact) mass is 253 g/mol. The first-order valence-electron chi connectivity index (χ1n) is 7.69. The lowest BCUT2D eigenvalue weighted by Crippen LogP contribution is -2.59. The Labute approximate surface area is 113 Å². The second kappa shape index (κ2) is 5.89. The van der Waals surface area contributed by atoms with Crippen molar-refractivity contribution in [2.75, 3.05) is 32.7 Å². The van der Waals surface area contributed by atoms with Gasteiger partial charge in [0.15, 0.2) is 0 Å². The molecule has 0 aromatic carbocycles. The molecule has 0 aromatic heterocycles. The molecule has 0 saturated carbocycles. The van der Waals surface area contributed by atoms with Gasteiger partial charge in [-0.05, 0) is 47.1 Å². The Kier molecular flexibility index (Phi) is 4.68. The van der Waals surface area contributed by atoms with E-state index in [0.717, 1.165) is 18.6 Å². The van der Waals surface area contributed by atoms with Crippen molar-refractivity contribution in [2.24, 2.45) is 0 Å². The largest absolute Gasteiger partial charge is 0.311 e. The van der Waals surface area contributed by atoms with E-state index in [2.05, 4.69) is 42.8 Å². The summed E-state index contributed by atoms with van der Waals surface area (Å²) in [7, 11) is 0. The topological polar surface area (TPSA) is 18.5 Å². The average molecular weight is 253 g/mol.